The number of hydrogen-bond donors (Lipinski definition) is 2. The molecule has 0 radical (unpaired) electrons. The van der Waals surface area contributed by atoms with Crippen molar-refractivity contribution in [1.29, 1.82) is 0 Å². The minimum absolute atomic E-state index is 0.189. The molecular weight excluding hydrogens is 368 g/mol. The first-order valence-electron chi connectivity index (χ1n) is 9.76. The molecule has 8 heteroatoms. The summed E-state index contributed by atoms with van der Waals surface area (Å²) in [7, 11) is 0. The van der Waals surface area contributed by atoms with E-state index in [-0.39, 0.29) is 18.6 Å². The highest BCUT2D eigenvalue weighted by atomic mass is 16.3. The lowest BCUT2D eigenvalue weighted by Gasteiger charge is -2.24. The van der Waals surface area contributed by atoms with Crippen molar-refractivity contribution >= 4 is 5.91 Å². The number of hydrogen-bond acceptors (Lipinski definition) is 6. The Labute approximate surface area is 169 Å². The molecule has 3 aromatic rings. The maximum atomic E-state index is 12.7. The van der Waals surface area contributed by atoms with E-state index in [2.05, 4.69) is 31.6 Å². The van der Waals surface area contributed by atoms with E-state index in [0.717, 1.165) is 31.5 Å². The second kappa shape index (κ2) is 8.93. The lowest BCUT2D eigenvalue weighted by atomic mass is 10.1. The molecule has 0 aliphatic carbocycles. The van der Waals surface area contributed by atoms with Gasteiger partial charge in [0.25, 0.3) is 5.91 Å². The van der Waals surface area contributed by atoms with Gasteiger partial charge < -0.3 is 10.4 Å². The number of aliphatic hydroxyl groups is 1. The van der Waals surface area contributed by atoms with Crippen molar-refractivity contribution in [3.63, 3.8) is 0 Å². The zero-order chi connectivity index (χ0) is 20.1. The minimum atomic E-state index is -0.191. The van der Waals surface area contributed by atoms with Crippen LogP contribution in [-0.2, 0) is 13.1 Å². The summed E-state index contributed by atoms with van der Waals surface area (Å²) in [6.07, 6.45) is 8.59. The van der Waals surface area contributed by atoms with E-state index >= 15 is 0 Å². The second-order valence-electron chi connectivity index (χ2n) is 7.18. The summed E-state index contributed by atoms with van der Waals surface area (Å²) in [6.45, 7) is 2.39. The molecule has 1 fully saturated rings. The van der Waals surface area contributed by atoms with Crippen LogP contribution in [0.2, 0.25) is 0 Å². The molecule has 4 rings (SSSR count). The number of pyridine rings is 1. The molecule has 0 spiro atoms. The van der Waals surface area contributed by atoms with Gasteiger partial charge in [0, 0.05) is 25.3 Å². The van der Waals surface area contributed by atoms with Crippen LogP contribution in [0.15, 0.2) is 55.1 Å². The van der Waals surface area contributed by atoms with Crippen LogP contribution in [0.5, 0.6) is 0 Å². The van der Waals surface area contributed by atoms with E-state index in [1.54, 1.807) is 29.3 Å². The number of rotatable bonds is 7. The van der Waals surface area contributed by atoms with Gasteiger partial charge in [-0.1, -0.05) is 29.5 Å². The van der Waals surface area contributed by atoms with Crippen LogP contribution < -0.4 is 5.32 Å². The fraction of sp³-hybridized carbons (Fsp3) is 0.333. The number of likely N-dealkylation sites (tertiary alicyclic amines) is 1. The largest absolute Gasteiger partial charge is 0.395 e. The highest BCUT2D eigenvalue weighted by Gasteiger charge is 2.24. The molecule has 29 heavy (non-hydrogen) atoms. The topological polar surface area (TPSA) is 96.2 Å². The van der Waals surface area contributed by atoms with Gasteiger partial charge in [0.15, 0.2) is 0 Å². The fourth-order valence-corrected chi connectivity index (χ4v) is 3.71. The SMILES string of the molecule is O=C(NCc1ccccc1CN1CCCC1CO)c1cncc(-n2ccnn2)c1. The van der Waals surface area contributed by atoms with Gasteiger partial charge in [-0.05, 0) is 36.6 Å². The predicted octanol–water partition coefficient (Wildman–Crippen LogP) is 1.55. The standard InChI is InChI=1S/C21H24N6O2/c28-15-19-6-3-8-26(19)14-17-5-2-1-4-16(17)12-23-21(29)18-10-20(13-22-11-18)27-9-7-24-25-27/h1-2,4-5,7,9-11,13,19,28H,3,6,8,12,14-15H2,(H,23,29). The van der Waals surface area contributed by atoms with Crippen molar-refractivity contribution in [3.8, 4) is 5.69 Å². The maximum absolute atomic E-state index is 12.7. The number of aromatic nitrogens is 4. The first-order valence-corrected chi connectivity index (χ1v) is 9.76. The summed E-state index contributed by atoms with van der Waals surface area (Å²) in [5, 5.41) is 20.3. The molecule has 1 amide bonds. The molecule has 3 heterocycles. The van der Waals surface area contributed by atoms with E-state index in [4.69, 9.17) is 0 Å². The van der Waals surface area contributed by atoms with Crippen molar-refractivity contribution in [2.45, 2.75) is 32.0 Å². The van der Waals surface area contributed by atoms with Gasteiger partial charge in [0.2, 0.25) is 0 Å². The average molecular weight is 392 g/mol. The first-order chi connectivity index (χ1) is 14.2. The van der Waals surface area contributed by atoms with Crippen molar-refractivity contribution < 1.29 is 9.90 Å². The van der Waals surface area contributed by atoms with E-state index in [9.17, 15) is 9.90 Å². The molecule has 1 unspecified atom stereocenters. The smallest absolute Gasteiger partial charge is 0.253 e. The van der Waals surface area contributed by atoms with Crippen molar-refractivity contribution in [2.75, 3.05) is 13.2 Å². The molecule has 0 saturated carbocycles. The van der Waals surface area contributed by atoms with Gasteiger partial charge in [-0.2, -0.15) is 0 Å². The summed E-state index contributed by atoms with van der Waals surface area (Å²) in [6, 6.07) is 10.1. The van der Waals surface area contributed by atoms with E-state index in [1.165, 1.54) is 11.8 Å². The van der Waals surface area contributed by atoms with Gasteiger partial charge >= 0.3 is 0 Å². The summed E-state index contributed by atoms with van der Waals surface area (Å²) in [5.74, 6) is -0.191. The molecule has 1 aliphatic heterocycles. The Morgan fingerprint density at radius 3 is 2.90 bits per heavy atom. The number of nitrogens with zero attached hydrogens (tertiary/aromatic N) is 5. The Balaban J connectivity index is 1.43. The zero-order valence-corrected chi connectivity index (χ0v) is 16.1. The molecule has 1 saturated heterocycles. The molecule has 1 atom stereocenters. The van der Waals surface area contributed by atoms with Crippen LogP contribution in [0, 0.1) is 0 Å². The Hall–Kier alpha value is -3.10. The first kappa shape index (κ1) is 19.2. The van der Waals surface area contributed by atoms with Gasteiger partial charge in [0.05, 0.1) is 36.4 Å². The van der Waals surface area contributed by atoms with Crippen LogP contribution in [0.4, 0.5) is 0 Å². The normalized spacial score (nSPS) is 16.8. The number of amides is 1. The number of aliphatic hydroxyl groups excluding tert-OH is 1. The Bertz CT molecular complexity index is 959. The van der Waals surface area contributed by atoms with Gasteiger partial charge in [-0.3, -0.25) is 14.7 Å². The highest BCUT2D eigenvalue weighted by Crippen LogP contribution is 2.21. The number of nitrogens with one attached hydrogen (secondary N) is 1. The molecule has 2 N–H and O–H groups in total. The number of carbonyl (C=O) groups excluding carboxylic acids is 1. The van der Waals surface area contributed by atoms with Crippen molar-refractivity contribution in [1.82, 2.24) is 30.2 Å². The van der Waals surface area contributed by atoms with Crippen LogP contribution in [0.1, 0.15) is 34.3 Å². The Morgan fingerprint density at radius 1 is 1.24 bits per heavy atom. The summed E-state index contributed by atoms with van der Waals surface area (Å²) >= 11 is 0. The van der Waals surface area contributed by atoms with Gasteiger partial charge in [-0.25, -0.2) is 4.68 Å². The minimum Gasteiger partial charge on any atom is -0.395 e. The summed E-state index contributed by atoms with van der Waals surface area (Å²) < 4.78 is 1.56. The third-order valence-corrected chi connectivity index (χ3v) is 5.31. The molecular formula is C21H24N6O2. The van der Waals surface area contributed by atoms with E-state index in [1.807, 2.05) is 18.2 Å². The predicted molar refractivity (Wildman–Crippen MR) is 107 cm³/mol. The quantitative estimate of drug-likeness (QED) is 0.633. The van der Waals surface area contributed by atoms with Gasteiger partial charge in [0.1, 0.15) is 0 Å². The molecule has 1 aromatic carbocycles. The molecule has 1 aliphatic rings. The lowest BCUT2D eigenvalue weighted by molar-refractivity contribution is 0.0950. The number of benzene rings is 1. The molecule has 2 aromatic heterocycles. The van der Waals surface area contributed by atoms with Crippen molar-refractivity contribution in [3.05, 3.63) is 71.8 Å². The third-order valence-electron chi connectivity index (χ3n) is 5.31. The monoisotopic (exact) mass is 392 g/mol. The molecule has 0 bridgehead atoms. The zero-order valence-electron chi connectivity index (χ0n) is 16.1. The van der Waals surface area contributed by atoms with Crippen LogP contribution in [0.3, 0.4) is 0 Å². The van der Waals surface area contributed by atoms with Crippen molar-refractivity contribution in [2.24, 2.45) is 0 Å². The van der Waals surface area contributed by atoms with Crippen LogP contribution in [0.25, 0.3) is 5.69 Å². The maximum Gasteiger partial charge on any atom is 0.253 e. The summed E-state index contributed by atoms with van der Waals surface area (Å²) in [5.41, 5.74) is 3.39. The van der Waals surface area contributed by atoms with Crippen LogP contribution >= 0.6 is 0 Å². The third kappa shape index (κ3) is 4.49. The average Bonchev–Trinajstić information content (AvgIpc) is 3.45. The van der Waals surface area contributed by atoms with Crippen LogP contribution in [-0.4, -0.2) is 55.1 Å². The van der Waals surface area contributed by atoms with Gasteiger partial charge in [-0.15, -0.1) is 5.10 Å². The summed E-state index contributed by atoms with van der Waals surface area (Å²) in [4.78, 5) is 19.1. The molecule has 8 nitrogen and oxygen atoms in total. The Kier molecular flexibility index (Phi) is 5.92. The highest BCUT2D eigenvalue weighted by molar-refractivity contribution is 5.94. The Morgan fingerprint density at radius 2 is 2.10 bits per heavy atom. The second-order valence-corrected chi connectivity index (χ2v) is 7.18. The number of carbonyl (C=O) groups is 1. The molecule has 150 valence electrons. The van der Waals surface area contributed by atoms with E-state index in [0.29, 0.717) is 17.8 Å². The van der Waals surface area contributed by atoms with E-state index < -0.39 is 0 Å². The fourth-order valence-electron chi connectivity index (χ4n) is 3.71. The lowest BCUT2D eigenvalue weighted by Crippen LogP contribution is -2.32.